The van der Waals surface area contributed by atoms with E-state index in [1.54, 1.807) is 4.90 Å². The monoisotopic (exact) mass is 240 g/mol. The number of piperidine rings is 1. The molecule has 0 spiro atoms. The fourth-order valence-electron chi connectivity index (χ4n) is 2.08. The molecule has 1 aliphatic heterocycles. The first-order chi connectivity index (χ1) is 8.08. The molecule has 0 saturated carbocycles. The number of nitro groups is 1. The van der Waals surface area contributed by atoms with Crippen molar-refractivity contribution in [1.82, 2.24) is 0 Å². The molecule has 0 amide bonds. The van der Waals surface area contributed by atoms with E-state index in [1.165, 1.54) is 12.1 Å². The van der Waals surface area contributed by atoms with Gasteiger partial charge in [0, 0.05) is 13.1 Å². The summed E-state index contributed by atoms with van der Waals surface area (Å²) < 4.78 is 13.0. The summed E-state index contributed by atoms with van der Waals surface area (Å²) in [5.41, 5.74) is 0.120. The normalized spacial score (nSPS) is 20.4. The van der Waals surface area contributed by atoms with Gasteiger partial charge in [0.05, 0.1) is 17.1 Å². The molecule has 1 aromatic carbocycles. The number of aliphatic hydroxyl groups is 1. The van der Waals surface area contributed by atoms with Gasteiger partial charge in [-0.2, -0.15) is 0 Å². The first-order valence-corrected chi connectivity index (χ1v) is 5.45. The molecule has 17 heavy (non-hydrogen) atoms. The van der Waals surface area contributed by atoms with Crippen molar-refractivity contribution in [3.63, 3.8) is 0 Å². The summed E-state index contributed by atoms with van der Waals surface area (Å²) in [6.45, 7) is 0.996. The van der Waals surface area contributed by atoms with Gasteiger partial charge in [-0.05, 0) is 25.0 Å². The summed E-state index contributed by atoms with van der Waals surface area (Å²) in [5, 5.41) is 20.4. The molecule has 0 unspecified atom stereocenters. The van der Waals surface area contributed by atoms with Crippen molar-refractivity contribution in [1.29, 1.82) is 0 Å². The maximum absolute atomic E-state index is 13.0. The highest BCUT2D eigenvalue weighted by Gasteiger charge is 2.24. The van der Waals surface area contributed by atoms with E-state index in [-0.39, 0.29) is 5.69 Å². The van der Waals surface area contributed by atoms with Gasteiger partial charge in [-0.25, -0.2) is 4.39 Å². The quantitative estimate of drug-likeness (QED) is 0.631. The molecule has 6 heteroatoms. The van der Waals surface area contributed by atoms with Crippen molar-refractivity contribution in [3.8, 4) is 0 Å². The summed E-state index contributed by atoms with van der Waals surface area (Å²) in [4.78, 5) is 12.0. The Morgan fingerprint density at radius 1 is 1.53 bits per heavy atom. The lowest BCUT2D eigenvalue weighted by molar-refractivity contribution is -0.384. The van der Waals surface area contributed by atoms with Crippen LogP contribution >= 0.6 is 0 Å². The average Bonchev–Trinajstić information content (AvgIpc) is 2.28. The fourth-order valence-corrected chi connectivity index (χ4v) is 2.08. The first-order valence-electron chi connectivity index (χ1n) is 5.45. The molecule has 1 fully saturated rings. The third-order valence-electron chi connectivity index (χ3n) is 2.87. The van der Waals surface area contributed by atoms with Gasteiger partial charge in [-0.1, -0.05) is 0 Å². The van der Waals surface area contributed by atoms with Crippen LogP contribution in [0.15, 0.2) is 18.2 Å². The molecule has 0 bridgehead atoms. The molecular formula is C11H13FN2O3. The van der Waals surface area contributed by atoms with Crippen LogP contribution in [0.3, 0.4) is 0 Å². The summed E-state index contributed by atoms with van der Waals surface area (Å²) in [5.74, 6) is -0.627. The number of hydrogen-bond donors (Lipinski definition) is 1. The Morgan fingerprint density at radius 2 is 2.29 bits per heavy atom. The van der Waals surface area contributed by atoms with Crippen LogP contribution in [0.4, 0.5) is 15.8 Å². The van der Waals surface area contributed by atoms with Gasteiger partial charge in [-0.15, -0.1) is 0 Å². The Morgan fingerprint density at radius 3 is 2.94 bits per heavy atom. The van der Waals surface area contributed by atoms with Crippen molar-refractivity contribution in [2.24, 2.45) is 0 Å². The second kappa shape index (κ2) is 4.67. The van der Waals surface area contributed by atoms with Gasteiger partial charge in [-0.3, -0.25) is 10.1 Å². The van der Waals surface area contributed by atoms with Gasteiger partial charge >= 0.3 is 0 Å². The zero-order valence-corrected chi connectivity index (χ0v) is 9.17. The second-order valence-electron chi connectivity index (χ2n) is 4.13. The Hall–Kier alpha value is -1.69. The number of aliphatic hydroxyl groups excluding tert-OH is 1. The largest absolute Gasteiger partial charge is 0.391 e. The summed E-state index contributed by atoms with van der Waals surface area (Å²) in [6, 6.07) is 3.51. The minimum absolute atomic E-state index is 0.251. The van der Waals surface area contributed by atoms with E-state index in [2.05, 4.69) is 0 Å². The average molecular weight is 240 g/mol. The van der Waals surface area contributed by atoms with Crippen molar-refractivity contribution < 1.29 is 14.4 Å². The minimum Gasteiger partial charge on any atom is -0.391 e. The molecule has 1 heterocycles. The van der Waals surface area contributed by atoms with Gasteiger partial charge in [0.15, 0.2) is 0 Å². The third-order valence-corrected chi connectivity index (χ3v) is 2.87. The SMILES string of the molecule is O=[N+]([O-])c1cc(F)ccc1N1CCC[C@@H](O)C1. The van der Waals surface area contributed by atoms with Gasteiger partial charge < -0.3 is 10.0 Å². The smallest absolute Gasteiger partial charge is 0.295 e. The number of β-amino-alcohol motifs (C(OH)–C–C–N with tert-alkyl or cyclic N) is 1. The summed E-state index contributed by atoms with van der Waals surface area (Å²) in [6.07, 6.45) is 0.995. The molecular weight excluding hydrogens is 227 g/mol. The molecule has 0 aliphatic carbocycles. The number of anilines is 1. The van der Waals surface area contributed by atoms with E-state index < -0.39 is 16.8 Å². The van der Waals surface area contributed by atoms with E-state index in [1.807, 2.05) is 0 Å². The molecule has 1 saturated heterocycles. The summed E-state index contributed by atoms with van der Waals surface area (Å²) >= 11 is 0. The van der Waals surface area contributed by atoms with Crippen LogP contribution in [0.25, 0.3) is 0 Å². The van der Waals surface area contributed by atoms with Gasteiger partial charge in [0.25, 0.3) is 5.69 Å². The third kappa shape index (κ3) is 2.52. The van der Waals surface area contributed by atoms with Crippen LogP contribution < -0.4 is 4.90 Å². The molecule has 92 valence electrons. The predicted octanol–water partition coefficient (Wildman–Crippen LogP) is 1.69. The highest BCUT2D eigenvalue weighted by Crippen LogP contribution is 2.30. The zero-order valence-electron chi connectivity index (χ0n) is 9.17. The fraction of sp³-hybridized carbons (Fsp3) is 0.455. The maximum atomic E-state index is 13.0. The standard InChI is InChI=1S/C11H13FN2O3/c12-8-3-4-10(11(6-8)14(16)17)13-5-1-2-9(15)7-13/h3-4,6,9,15H,1-2,5,7H2/t9-/m1/s1. The van der Waals surface area contributed by atoms with Crippen molar-refractivity contribution in [3.05, 3.63) is 34.1 Å². The number of benzene rings is 1. The Balaban J connectivity index is 2.33. The molecule has 2 rings (SSSR count). The molecule has 1 aliphatic rings. The lowest BCUT2D eigenvalue weighted by Gasteiger charge is -2.31. The summed E-state index contributed by atoms with van der Waals surface area (Å²) in [7, 11) is 0. The molecule has 1 N–H and O–H groups in total. The number of nitro benzene ring substituents is 1. The van der Waals surface area contributed by atoms with Crippen LogP contribution in [-0.4, -0.2) is 29.2 Å². The van der Waals surface area contributed by atoms with Crippen molar-refractivity contribution in [2.75, 3.05) is 18.0 Å². The number of halogens is 1. The number of nitrogens with zero attached hydrogens (tertiary/aromatic N) is 2. The second-order valence-corrected chi connectivity index (χ2v) is 4.13. The molecule has 0 aromatic heterocycles. The van der Waals surface area contributed by atoms with Gasteiger partial charge in [0.1, 0.15) is 11.5 Å². The lowest BCUT2D eigenvalue weighted by Crippen LogP contribution is -2.38. The maximum Gasteiger partial charge on any atom is 0.295 e. The van der Waals surface area contributed by atoms with E-state index in [0.29, 0.717) is 25.2 Å². The Kier molecular flexibility index (Phi) is 3.23. The Bertz CT molecular complexity index is 439. The molecule has 1 atom stereocenters. The minimum atomic E-state index is -0.627. The van der Waals surface area contributed by atoms with E-state index in [0.717, 1.165) is 12.5 Å². The van der Waals surface area contributed by atoms with E-state index in [9.17, 15) is 19.6 Å². The molecule has 1 aromatic rings. The van der Waals surface area contributed by atoms with Crippen molar-refractivity contribution >= 4 is 11.4 Å². The van der Waals surface area contributed by atoms with Crippen LogP contribution in [0, 0.1) is 15.9 Å². The lowest BCUT2D eigenvalue weighted by atomic mass is 10.1. The van der Waals surface area contributed by atoms with Crippen molar-refractivity contribution in [2.45, 2.75) is 18.9 Å². The topological polar surface area (TPSA) is 66.6 Å². The molecule has 5 nitrogen and oxygen atoms in total. The van der Waals surface area contributed by atoms with Crippen LogP contribution in [0.2, 0.25) is 0 Å². The van der Waals surface area contributed by atoms with Crippen LogP contribution in [0.1, 0.15) is 12.8 Å². The van der Waals surface area contributed by atoms with E-state index in [4.69, 9.17) is 0 Å². The van der Waals surface area contributed by atoms with Crippen LogP contribution in [0.5, 0.6) is 0 Å². The van der Waals surface area contributed by atoms with Gasteiger partial charge in [0.2, 0.25) is 0 Å². The predicted molar refractivity (Wildman–Crippen MR) is 60.5 cm³/mol. The number of hydrogen-bond acceptors (Lipinski definition) is 4. The molecule has 0 radical (unpaired) electrons. The first kappa shape index (κ1) is 11.8. The van der Waals surface area contributed by atoms with Crippen LogP contribution in [-0.2, 0) is 0 Å². The van der Waals surface area contributed by atoms with E-state index >= 15 is 0 Å². The Labute approximate surface area is 97.6 Å². The zero-order chi connectivity index (χ0) is 12.4. The highest BCUT2D eigenvalue weighted by molar-refractivity contribution is 5.63. The number of rotatable bonds is 2. The highest BCUT2D eigenvalue weighted by atomic mass is 19.1.